The lowest BCUT2D eigenvalue weighted by atomic mass is 10.00. The number of hydrogen-bond donors (Lipinski definition) is 2. The van der Waals surface area contributed by atoms with Gasteiger partial charge < -0.3 is 10.6 Å². The first-order chi connectivity index (χ1) is 12.8. The van der Waals surface area contributed by atoms with E-state index in [0.29, 0.717) is 0 Å². The molecule has 2 N–H and O–H groups in total. The lowest BCUT2D eigenvalue weighted by Gasteiger charge is -2.28. The van der Waals surface area contributed by atoms with E-state index in [1.807, 2.05) is 13.1 Å². The van der Waals surface area contributed by atoms with Crippen molar-refractivity contribution in [2.75, 3.05) is 26.7 Å². The molecule has 2 aromatic rings. The standard InChI is InChI=1S/C22H30N4.HI/c1-18(19-9-4-3-5-10-19)25-22(23-2)24-14-8-15-26-16-13-20-11-6-7-12-21(20)17-26;/h3-7,9-12,18H,8,13-17H2,1-2H3,(H2,23,24,25);1H. The number of fused-ring (bicyclic) bond motifs is 1. The zero-order valence-electron chi connectivity index (χ0n) is 16.3. The molecular weight excluding hydrogens is 447 g/mol. The fourth-order valence-electron chi connectivity index (χ4n) is 3.48. The molecule has 0 amide bonds. The lowest BCUT2D eigenvalue weighted by molar-refractivity contribution is 0.251. The summed E-state index contributed by atoms with van der Waals surface area (Å²) in [5.74, 6) is 0.866. The molecule has 0 fully saturated rings. The molecule has 0 radical (unpaired) electrons. The van der Waals surface area contributed by atoms with Gasteiger partial charge in [-0.1, -0.05) is 54.6 Å². The third-order valence-electron chi connectivity index (χ3n) is 5.03. The molecule has 1 atom stereocenters. The monoisotopic (exact) mass is 478 g/mol. The average Bonchev–Trinajstić information content (AvgIpc) is 2.70. The predicted octanol–water partition coefficient (Wildman–Crippen LogP) is 3.98. The summed E-state index contributed by atoms with van der Waals surface area (Å²) in [6, 6.07) is 19.5. The number of halogens is 1. The molecule has 0 aliphatic carbocycles. The van der Waals surface area contributed by atoms with Gasteiger partial charge in [0.05, 0.1) is 6.04 Å². The van der Waals surface area contributed by atoms with Crippen LogP contribution in [0.1, 0.15) is 36.1 Å². The Hall–Kier alpha value is -1.60. The number of hydrogen-bond acceptors (Lipinski definition) is 2. The van der Waals surface area contributed by atoms with Gasteiger partial charge in [0.2, 0.25) is 0 Å². The van der Waals surface area contributed by atoms with Gasteiger partial charge in [-0.05, 0) is 36.5 Å². The Morgan fingerprint density at radius 3 is 2.52 bits per heavy atom. The molecule has 0 bridgehead atoms. The van der Waals surface area contributed by atoms with Gasteiger partial charge in [0, 0.05) is 33.2 Å². The van der Waals surface area contributed by atoms with Crippen molar-refractivity contribution in [3.63, 3.8) is 0 Å². The van der Waals surface area contributed by atoms with E-state index in [1.165, 1.54) is 23.1 Å². The summed E-state index contributed by atoms with van der Waals surface area (Å²) in [5, 5.41) is 6.90. The van der Waals surface area contributed by atoms with Crippen molar-refractivity contribution in [3.05, 3.63) is 71.3 Å². The van der Waals surface area contributed by atoms with E-state index in [2.05, 4.69) is 76.0 Å². The zero-order valence-corrected chi connectivity index (χ0v) is 18.6. The highest BCUT2D eigenvalue weighted by Gasteiger charge is 2.15. The molecule has 2 aromatic carbocycles. The Kier molecular flexibility index (Phi) is 9.07. The van der Waals surface area contributed by atoms with E-state index >= 15 is 0 Å². The number of aliphatic imine (C=N–C) groups is 1. The van der Waals surface area contributed by atoms with Crippen LogP contribution in [-0.4, -0.2) is 37.5 Å². The second kappa shape index (κ2) is 11.3. The van der Waals surface area contributed by atoms with Gasteiger partial charge >= 0.3 is 0 Å². The minimum Gasteiger partial charge on any atom is -0.356 e. The van der Waals surface area contributed by atoms with Crippen molar-refractivity contribution in [1.29, 1.82) is 0 Å². The van der Waals surface area contributed by atoms with Crippen molar-refractivity contribution >= 4 is 29.9 Å². The SMILES string of the molecule is CN=C(NCCCN1CCc2ccccc2C1)NC(C)c1ccccc1.I. The first kappa shape index (κ1) is 21.7. The molecule has 5 heteroatoms. The maximum Gasteiger partial charge on any atom is 0.191 e. The second-order valence-corrected chi connectivity index (χ2v) is 6.92. The van der Waals surface area contributed by atoms with Gasteiger partial charge in [-0.3, -0.25) is 9.89 Å². The first-order valence-corrected chi connectivity index (χ1v) is 9.57. The molecule has 146 valence electrons. The second-order valence-electron chi connectivity index (χ2n) is 6.92. The van der Waals surface area contributed by atoms with Crippen LogP contribution >= 0.6 is 24.0 Å². The van der Waals surface area contributed by atoms with Gasteiger partial charge in [-0.25, -0.2) is 0 Å². The average molecular weight is 478 g/mol. The van der Waals surface area contributed by atoms with Crippen LogP contribution in [-0.2, 0) is 13.0 Å². The minimum absolute atomic E-state index is 0. The lowest BCUT2D eigenvalue weighted by Crippen LogP contribution is -2.40. The van der Waals surface area contributed by atoms with Crippen molar-refractivity contribution in [2.45, 2.75) is 32.4 Å². The molecule has 27 heavy (non-hydrogen) atoms. The smallest absolute Gasteiger partial charge is 0.191 e. The van der Waals surface area contributed by atoms with Crippen molar-refractivity contribution < 1.29 is 0 Å². The molecule has 1 unspecified atom stereocenters. The number of rotatable bonds is 6. The molecule has 0 saturated heterocycles. The third-order valence-corrected chi connectivity index (χ3v) is 5.03. The summed E-state index contributed by atoms with van der Waals surface area (Å²) in [7, 11) is 1.83. The van der Waals surface area contributed by atoms with E-state index in [-0.39, 0.29) is 30.0 Å². The molecule has 1 aliphatic heterocycles. The third kappa shape index (κ3) is 6.50. The first-order valence-electron chi connectivity index (χ1n) is 9.57. The maximum absolute atomic E-state index is 4.35. The zero-order chi connectivity index (χ0) is 18.2. The van der Waals surface area contributed by atoms with Crippen molar-refractivity contribution in [3.8, 4) is 0 Å². The van der Waals surface area contributed by atoms with Crippen LogP contribution in [0, 0.1) is 0 Å². The summed E-state index contributed by atoms with van der Waals surface area (Å²) < 4.78 is 0. The molecule has 0 saturated carbocycles. The van der Waals surface area contributed by atoms with Crippen molar-refractivity contribution in [1.82, 2.24) is 15.5 Å². The number of guanidine groups is 1. The fourth-order valence-corrected chi connectivity index (χ4v) is 3.48. The molecule has 0 spiro atoms. The summed E-state index contributed by atoms with van der Waals surface area (Å²) in [4.78, 5) is 6.90. The van der Waals surface area contributed by atoms with E-state index in [9.17, 15) is 0 Å². The summed E-state index contributed by atoms with van der Waals surface area (Å²) >= 11 is 0. The van der Waals surface area contributed by atoms with Crippen LogP contribution in [0.5, 0.6) is 0 Å². The Morgan fingerprint density at radius 1 is 1.07 bits per heavy atom. The Bertz CT molecular complexity index is 717. The number of benzene rings is 2. The quantitative estimate of drug-likeness (QED) is 0.286. The van der Waals surface area contributed by atoms with Gasteiger partial charge in [-0.2, -0.15) is 0 Å². The highest BCUT2D eigenvalue weighted by Crippen LogP contribution is 2.18. The van der Waals surface area contributed by atoms with Crippen LogP contribution < -0.4 is 10.6 Å². The van der Waals surface area contributed by atoms with E-state index in [0.717, 1.165) is 38.6 Å². The summed E-state index contributed by atoms with van der Waals surface area (Å²) in [5.41, 5.74) is 4.27. The highest BCUT2D eigenvalue weighted by atomic mass is 127. The molecule has 3 rings (SSSR count). The van der Waals surface area contributed by atoms with E-state index < -0.39 is 0 Å². The van der Waals surface area contributed by atoms with Crippen molar-refractivity contribution in [2.24, 2.45) is 4.99 Å². The van der Waals surface area contributed by atoms with Crippen LogP contribution in [0.25, 0.3) is 0 Å². The molecule has 0 aromatic heterocycles. The molecule has 1 aliphatic rings. The molecule has 4 nitrogen and oxygen atoms in total. The normalized spacial score (nSPS) is 15.4. The predicted molar refractivity (Wildman–Crippen MR) is 125 cm³/mol. The van der Waals surface area contributed by atoms with Gasteiger partial charge in [0.15, 0.2) is 5.96 Å². The van der Waals surface area contributed by atoms with Gasteiger partial charge in [0.1, 0.15) is 0 Å². The maximum atomic E-state index is 4.35. The van der Waals surface area contributed by atoms with Crippen LogP contribution in [0.2, 0.25) is 0 Å². The Labute approximate surface area is 180 Å². The topological polar surface area (TPSA) is 39.7 Å². The molecular formula is C22H31IN4. The number of nitrogens with one attached hydrogen (secondary N) is 2. The van der Waals surface area contributed by atoms with Gasteiger partial charge in [-0.15, -0.1) is 24.0 Å². The van der Waals surface area contributed by atoms with Gasteiger partial charge in [0.25, 0.3) is 0 Å². The van der Waals surface area contributed by atoms with E-state index in [1.54, 1.807) is 0 Å². The minimum atomic E-state index is 0. The molecule has 1 heterocycles. The van der Waals surface area contributed by atoms with Crippen LogP contribution in [0.4, 0.5) is 0 Å². The highest BCUT2D eigenvalue weighted by molar-refractivity contribution is 14.0. The largest absolute Gasteiger partial charge is 0.356 e. The summed E-state index contributed by atoms with van der Waals surface area (Å²) in [6.07, 6.45) is 2.28. The summed E-state index contributed by atoms with van der Waals surface area (Å²) in [6.45, 7) is 6.45. The fraction of sp³-hybridized carbons (Fsp3) is 0.409. The van der Waals surface area contributed by atoms with Crippen LogP contribution in [0.15, 0.2) is 59.6 Å². The van der Waals surface area contributed by atoms with Crippen LogP contribution in [0.3, 0.4) is 0 Å². The number of nitrogens with zero attached hydrogens (tertiary/aromatic N) is 2. The van der Waals surface area contributed by atoms with E-state index in [4.69, 9.17) is 0 Å². The Balaban J connectivity index is 0.00000261. The Morgan fingerprint density at radius 2 is 1.78 bits per heavy atom.